The summed E-state index contributed by atoms with van der Waals surface area (Å²) in [7, 11) is 3.96. The fraction of sp³-hybridized carbons (Fsp3) is 0.900. The van der Waals surface area contributed by atoms with E-state index in [0.29, 0.717) is 6.54 Å². The first-order chi connectivity index (χ1) is 6.30. The minimum atomic E-state index is -0.190. The van der Waals surface area contributed by atoms with Gasteiger partial charge in [-0.15, -0.1) is 0 Å². The molecule has 1 heterocycles. The molecule has 0 aliphatic carbocycles. The van der Waals surface area contributed by atoms with Crippen molar-refractivity contribution in [2.24, 2.45) is 0 Å². The molecule has 0 bridgehead atoms. The van der Waals surface area contributed by atoms with Crippen LogP contribution < -0.4 is 0 Å². The molecule has 0 aromatic heterocycles. The molecular weight excluding hydrogens is 180 g/mol. The SMILES string of the molecule is CN(C)CC1CN(C(C)(C)C)C(=O)O1. The van der Waals surface area contributed by atoms with E-state index in [1.807, 2.05) is 39.8 Å². The van der Waals surface area contributed by atoms with Crippen LogP contribution in [0.5, 0.6) is 0 Å². The molecule has 1 aliphatic rings. The van der Waals surface area contributed by atoms with Crippen LogP contribution >= 0.6 is 0 Å². The molecule has 82 valence electrons. The van der Waals surface area contributed by atoms with Crippen molar-refractivity contribution in [3.63, 3.8) is 0 Å². The summed E-state index contributed by atoms with van der Waals surface area (Å²) in [5, 5.41) is 0. The molecule has 1 atom stereocenters. The Morgan fingerprint density at radius 1 is 1.50 bits per heavy atom. The highest BCUT2D eigenvalue weighted by Gasteiger charge is 2.37. The maximum absolute atomic E-state index is 11.5. The van der Waals surface area contributed by atoms with Gasteiger partial charge in [-0.05, 0) is 34.9 Å². The predicted octanol–water partition coefficient (Wildman–Crippen LogP) is 1.17. The van der Waals surface area contributed by atoms with Crippen LogP contribution in [0.2, 0.25) is 0 Å². The second-order valence-electron chi connectivity index (χ2n) is 5.05. The zero-order valence-electron chi connectivity index (χ0n) is 9.70. The van der Waals surface area contributed by atoms with Crippen molar-refractivity contribution in [1.29, 1.82) is 0 Å². The first-order valence-electron chi connectivity index (χ1n) is 4.93. The molecule has 1 fully saturated rings. The van der Waals surface area contributed by atoms with Crippen molar-refractivity contribution in [3.8, 4) is 0 Å². The lowest BCUT2D eigenvalue weighted by atomic mass is 10.1. The Bertz CT molecular complexity index is 221. The highest BCUT2D eigenvalue weighted by Crippen LogP contribution is 2.21. The molecule has 4 nitrogen and oxygen atoms in total. The second-order valence-corrected chi connectivity index (χ2v) is 5.05. The van der Waals surface area contributed by atoms with E-state index in [0.717, 1.165) is 6.54 Å². The number of hydrogen-bond acceptors (Lipinski definition) is 3. The maximum Gasteiger partial charge on any atom is 0.410 e. The fourth-order valence-corrected chi connectivity index (χ4v) is 1.57. The Morgan fingerprint density at radius 3 is 2.43 bits per heavy atom. The molecule has 0 spiro atoms. The third kappa shape index (κ3) is 2.61. The molecular formula is C10H20N2O2. The monoisotopic (exact) mass is 200 g/mol. The Hall–Kier alpha value is -0.770. The molecule has 0 saturated carbocycles. The van der Waals surface area contributed by atoms with Crippen molar-refractivity contribution in [2.45, 2.75) is 32.4 Å². The molecule has 0 N–H and O–H groups in total. The van der Waals surface area contributed by atoms with Crippen LogP contribution in [0.25, 0.3) is 0 Å². The number of cyclic esters (lactones) is 1. The summed E-state index contributed by atoms with van der Waals surface area (Å²) in [5.41, 5.74) is -0.141. The number of hydrogen-bond donors (Lipinski definition) is 0. The van der Waals surface area contributed by atoms with Crippen molar-refractivity contribution < 1.29 is 9.53 Å². The maximum atomic E-state index is 11.5. The lowest BCUT2D eigenvalue weighted by Crippen LogP contribution is -2.42. The standard InChI is InChI=1S/C10H20N2O2/c1-10(2,3)12-7-8(6-11(4)5)14-9(12)13/h8H,6-7H2,1-5H3. The Balaban J connectivity index is 2.56. The number of ether oxygens (including phenoxy) is 1. The molecule has 1 amide bonds. The predicted molar refractivity (Wildman–Crippen MR) is 55.3 cm³/mol. The van der Waals surface area contributed by atoms with Gasteiger partial charge >= 0.3 is 6.09 Å². The summed E-state index contributed by atoms with van der Waals surface area (Å²) in [6.07, 6.45) is -0.180. The fourth-order valence-electron chi connectivity index (χ4n) is 1.57. The molecule has 1 aliphatic heterocycles. The third-order valence-electron chi connectivity index (χ3n) is 2.25. The molecule has 4 heteroatoms. The Morgan fingerprint density at radius 2 is 2.07 bits per heavy atom. The average Bonchev–Trinajstić information content (AvgIpc) is 2.27. The molecule has 0 aromatic carbocycles. The van der Waals surface area contributed by atoms with E-state index in [-0.39, 0.29) is 17.7 Å². The van der Waals surface area contributed by atoms with Gasteiger partial charge in [0.1, 0.15) is 6.10 Å². The van der Waals surface area contributed by atoms with Crippen LogP contribution in [0, 0.1) is 0 Å². The van der Waals surface area contributed by atoms with E-state index < -0.39 is 0 Å². The summed E-state index contributed by atoms with van der Waals surface area (Å²) in [4.78, 5) is 15.3. The van der Waals surface area contributed by atoms with Gasteiger partial charge in [0.05, 0.1) is 6.54 Å². The van der Waals surface area contributed by atoms with Crippen molar-refractivity contribution in [1.82, 2.24) is 9.80 Å². The zero-order valence-corrected chi connectivity index (χ0v) is 9.70. The summed E-state index contributed by atoms with van der Waals surface area (Å²) in [6.45, 7) is 7.55. The number of nitrogens with zero attached hydrogens (tertiary/aromatic N) is 2. The van der Waals surface area contributed by atoms with Crippen LogP contribution in [0.1, 0.15) is 20.8 Å². The van der Waals surface area contributed by atoms with Crippen molar-refractivity contribution in [3.05, 3.63) is 0 Å². The van der Waals surface area contributed by atoms with Crippen LogP contribution in [-0.2, 0) is 4.74 Å². The van der Waals surface area contributed by atoms with Crippen molar-refractivity contribution >= 4 is 6.09 Å². The van der Waals surface area contributed by atoms with Crippen LogP contribution in [0.4, 0.5) is 4.79 Å². The lowest BCUT2D eigenvalue weighted by molar-refractivity contribution is 0.111. The lowest BCUT2D eigenvalue weighted by Gasteiger charge is -2.29. The summed E-state index contributed by atoms with van der Waals surface area (Å²) in [5.74, 6) is 0. The molecule has 0 aromatic rings. The third-order valence-corrected chi connectivity index (χ3v) is 2.25. The van der Waals surface area contributed by atoms with E-state index in [1.54, 1.807) is 4.90 Å². The van der Waals surface area contributed by atoms with Gasteiger partial charge in [0.25, 0.3) is 0 Å². The minimum Gasteiger partial charge on any atom is -0.443 e. The molecule has 1 unspecified atom stereocenters. The molecule has 1 saturated heterocycles. The van der Waals surface area contributed by atoms with E-state index in [1.165, 1.54) is 0 Å². The van der Waals surface area contributed by atoms with E-state index in [4.69, 9.17) is 4.74 Å². The van der Waals surface area contributed by atoms with Crippen LogP contribution in [-0.4, -0.2) is 54.7 Å². The van der Waals surface area contributed by atoms with Gasteiger partial charge in [0.15, 0.2) is 0 Å². The Kier molecular flexibility index (Phi) is 3.04. The van der Waals surface area contributed by atoms with E-state index in [2.05, 4.69) is 0 Å². The highest BCUT2D eigenvalue weighted by molar-refractivity contribution is 5.70. The van der Waals surface area contributed by atoms with Gasteiger partial charge < -0.3 is 9.64 Å². The van der Waals surface area contributed by atoms with Gasteiger partial charge in [-0.25, -0.2) is 4.79 Å². The van der Waals surface area contributed by atoms with Gasteiger partial charge in [-0.2, -0.15) is 0 Å². The number of carbonyl (C=O) groups excluding carboxylic acids is 1. The highest BCUT2D eigenvalue weighted by atomic mass is 16.6. The number of amides is 1. The van der Waals surface area contributed by atoms with Crippen molar-refractivity contribution in [2.75, 3.05) is 27.2 Å². The van der Waals surface area contributed by atoms with Crippen LogP contribution in [0.3, 0.4) is 0 Å². The number of likely N-dealkylation sites (N-methyl/N-ethyl adjacent to an activating group) is 1. The largest absolute Gasteiger partial charge is 0.443 e. The van der Waals surface area contributed by atoms with Gasteiger partial charge in [0.2, 0.25) is 0 Å². The van der Waals surface area contributed by atoms with E-state index >= 15 is 0 Å². The molecule has 1 rings (SSSR count). The van der Waals surface area contributed by atoms with Gasteiger partial charge in [-0.1, -0.05) is 0 Å². The van der Waals surface area contributed by atoms with E-state index in [9.17, 15) is 4.79 Å². The summed E-state index contributed by atoms with van der Waals surface area (Å²) in [6, 6.07) is 0. The second kappa shape index (κ2) is 3.77. The smallest absolute Gasteiger partial charge is 0.410 e. The van der Waals surface area contributed by atoms with Gasteiger partial charge in [-0.3, -0.25) is 4.90 Å². The molecule has 0 radical (unpaired) electrons. The summed E-state index contributed by atoms with van der Waals surface area (Å²) >= 11 is 0. The molecule has 14 heavy (non-hydrogen) atoms. The first-order valence-corrected chi connectivity index (χ1v) is 4.93. The first kappa shape index (κ1) is 11.3. The van der Waals surface area contributed by atoms with Crippen LogP contribution in [0.15, 0.2) is 0 Å². The normalized spacial score (nSPS) is 23.1. The number of carbonyl (C=O) groups is 1. The topological polar surface area (TPSA) is 32.8 Å². The number of rotatable bonds is 2. The zero-order chi connectivity index (χ0) is 10.9. The van der Waals surface area contributed by atoms with Gasteiger partial charge in [0, 0.05) is 12.1 Å². The summed E-state index contributed by atoms with van der Waals surface area (Å²) < 4.78 is 5.26. The Labute approximate surface area is 85.8 Å². The minimum absolute atomic E-state index is 0.0109. The average molecular weight is 200 g/mol. The quantitative estimate of drug-likeness (QED) is 0.670.